The third-order valence-electron chi connectivity index (χ3n) is 4.54. The van der Waals surface area contributed by atoms with Gasteiger partial charge in [0.05, 0.1) is 16.2 Å². The molecule has 0 aromatic heterocycles. The summed E-state index contributed by atoms with van der Waals surface area (Å²) in [5.41, 5.74) is 1.66. The van der Waals surface area contributed by atoms with E-state index in [0.29, 0.717) is 11.3 Å². The fourth-order valence-corrected chi connectivity index (χ4v) is 3.16. The minimum Gasteiger partial charge on any atom is -0.396 e. The minimum absolute atomic E-state index is 0.0169. The molecule has 1 aromatic rings. The lowest BCUT2D eigenvalue weighted by Crippen LogP contribution is -2.45. The zero-order valence-corrected chi connectivity index (χ0v) is 13.5. The Kier molecular flexibility index (Phi) is 5.54. The van der Waals surface area contributed by atoms with Gasteiger partial charge in [-0.1, -0.05) is 18.9 Å². The maximum Gasteiger partial charge on any atom is 0.319 e. The van der Waals surface area contributed by atoms with Gasteiger partial charge in [-0.25, -0.2) is 4.79 Å². The minimum atomic E-state index is -0.458. The summed E-state index contributed by atoms with van der Waals surface area (Å²) >= 11 is 0. The second-order valence-electron chi connectivity index (χ2n) is 6.09. The molecule has 1 aromatic carbocycles. The Bertz CT molecular complexity index is 603. The quantitative estimate of drug-likeness (QED) is 0.586. The number of amides is 2. The van der Waals surface area contributed by atoms with Crippen molar-refractivity contribution in [3.63, 3.8) is 0 Å². The lowest BCUT2D eigenvalue weighted by molar-refractivity contribution is -0.385. The topological polar surface area (TPSA) is 105 Å². The molecule has 7 nitrogen and oxygen atoms in total. The standard InChI is InChI=1S/C16H23N3O4/c1-10-7-8-14(19(22)23)11(2)15(10)18-16(21)17-13-6-4-3-5-12(13)9-20/h7-8,12-13,20H,3-6,9H2,1-2H3,(H2,17,18,21). The number of nitro benzene ring substituents is 1. The highest BCUT2D eigenvalue weighted by atomic mass is 16.6. The number of aliphatic hydroxyl groups is 1. The van der Waals surface area contributed by atoms with Crippen LogP contribution in [0, 0.1) is 29.9 Å². The molecule has 2 rings (SSSR count). The SMILES string of the molecule is Cc1ccc([N+](=O)[O-])c(C)c1NC(=O)NC1CCCCC1CO. The van der Waals surface area contributed by atoms with Crippen LogP contribution >= 0.6 is 0 Å². The Morgan fingerprint density at radius 1 is 1.35 bits per heavy atom. The summed E-state index contributed by atoms with van der Waals surface area (Å²) in [5.74, 6) is 0.0711. The van der Waals surface area contributed by atoms with Gasteiger partial charge in [0.25, 0.3) is 5.69 Å². The first-order chi connectivity index (χ1) is 10.9. The van der Waals surface area contributed by atoms with Crippen LogP contribution in [0.25, 0.3) is 0 Å². The molecule has 23 heavy (non-hydrogen) atoms. The average molecular weight is 321 g/mol. The van der Waals surface area contributed by atoms with E-state index in [1.807, 2.05) is 0 Å². The normalized spacial score (nSPS) is 20.8. The number of rotatable bonds is 4. The third kappa shape index (κ3) is 3.98. The van der Waals surface area contributed by atoms with Gasteiger partial charge in [0.2, 0.25) is 0 Å². The van der Waals surface area contributed by atoms with Crippen LogP contribution in [0.15, 0.2) is 12.1 Å². The van der Waals surface area contributed by atoms with E-state index in [9.17, 15) is 20.0 Å². The highest BCUT2D eigenvalue weighted by molar-refractivity contribution is 5.92. The molecule has 2 unspecified atom stereocenters. The first kappa shape index (κ1) is 17.2. The van der Waals surface area contributed by atoms with Crippen LogP contribution in [-0.4, -0.2) is 28.7 Å². The van der Waals surface area contributed by atoms with E-state index in [-0.39, 0.29) is 30.3 Å². The second-order valence-corrected chi connectivity index (χ2v) is 6.09. The van der Waals surface area contributed by atoms with Gasteiger partial charge in [-0.15, -0.1) is 0 Å². The maximum atomic E-state index is 12.3. The summed E-state index contributed by atoms with van der Waals surface area (Å²) in [6, 6.07) is 2.62. The van der Waals surface area contributed by atoms with Gasteiger partial charge in [0, 0.05) is 24.6 Å². The Morgan fingerprint density at radius 2 is 2.04 bits per heavy atom. The predicted octanol–water partition coefficient (Wildman–Crippen LogP) is 2.88. The number of carbonyl (C=O) groups is 1. The van der Waals surface area contributed by atoms with E-state index >= 15 is 0 Å². The molecule has 0 spiro atoms. The van der Waals surface area contributed by atoms with E-state index in [1.165, 1.54) is 6.07 Å². The van der Waals surface area contributed by atoms with E-state index in [2.05, 4.69) is 10.6 Å². The molecule has 0 heterocycles. The van der Waals surface area contributed by atoms with Crippen molar-refractivity contribution in [2.75, 3.05) is 11.9 Å². The number of nitrogens with zero attached hydrogens (tertiary/aromatic N) is 1. The molecule has 0 bridgehead atoms. The van der Waals surface area contributed by atoms with Crippen molar-refractivity contribution in [2.24, 2.45) is 5.92 Å². The molecule has 2 amide bonds. The predicted molar refractivity (Wildman–Crippen MR) is 87.6 cm³/mol. The van der Waals surface area contributed by atoms with Crippen molar-refractivity contribution in [3.8, 4) is 0 Å². The number of nitro groups is 1. The van der Waals surface area contributed by atoms with Crippen LogP contribution < -0.4 is 10.6 Å². The summed E-state index contributed by atoms with van der Waals surface area (Å²) in [7, 11) is 0. The Hall–Kier alpha value is -2.15. The molecule has 0 aliphatic heterocycles. The van der Waals surface area contributed by atoms with E-state index in [1.54, 1.807) is 19.9 Å². The number of aliphatic hydroxyl groups excluding tert-OH is 1. The molecule has 1 saturated carbocycles. The highest BCUT2D eigenvalue weighted by Gasteiger charge is 2.26. The molecule has 3 N–H and O–H groups in total. The third-order valence-corrected chi connectivity index (χ3v) is 4.54. The lowest BCUT2D eigenvalue weighted by Gasteiger charge is -2.31. The summed E-state index contributed by atoms with van der Waals surface area (Å²) in [6.45, 7) is 3.47. The van der Waals surface area contributed by atoms with Gasteiger partial charge in [-0.3, -0.25) is 10.1 Å². The number of urea groups is 1. The summed E-state index contributed by atoms with van der Waals surface area (Å²) in [4.78, 5) is 22.8. The van der Waals surface area contributed by atoms with Crippen molar-refractivity contribution in [2.45, 2.75) is 45.6 Å². The van der Waals surface area contributed by atoms with Crippen LogP contribution in [0.1, 0.15) is 36.8 Å². The molecule has 1 fully saturated rings. The van der Waals surface area contributed by atoms with E-state index in [4.69, 9.17) is 0 Å². The number of nitrogens with one attached hydrogen (secondary N) is 2. The Balaban J connectivity index is 2.11. The molecule has 7 heteroatoms. The summed E-state index contributed by atoms with van der Waals surface area (Å²) in [6.07, 6.45) is 3.83. The number of anilines is 1. The largest absolute Gasteiger partial charge is 0.396 e. The van der Waals surface area contributed by atoms with Gasteiger partial charge in [0.15, 0.2) is 0 Å². The number of hydrogen-bond donors (Lipinski definition) is 3. The Morgan fingerprint density at radius 3 is 2.70 bits per heavy atom. The number of aryl methyl sites for hydroxylation is 1. The molecule has 1 aliphatic rings. The van der Waals surface area contributed by atoms with Crippen LogP contribution in [0.2, 0.25) is 0 Å². The van der Waals surface area contributed by atoms with Crippen molar-refractivity contribution >= 4 is 17.4 Å². The van der Waals surface area contributed by atoms with Gasteiger partial charge < -0.3 is 15.7 Å². The molecule has 1 aliphatic carbocycles. The first-order valence-electron chi connectivity index (χ1n) is 7.87. The van der Waals surface area contributed by atoms with Gasteiger partial charge in [-0.2, -0.15) is 0 Å². The average Bonchev–Trinajstić information content (AvgIpc) is 2.51. The van der Waals surface area contributed by atoms with E-state index < -0.39 is 4.92 Å². The van der Waals surface area contributed by atoms with Crippen molar-refractivity contribution in [3.05, 3.63) is 33.4 Å². The van der Waals surface area contributed by atoms with E-state index in [0.717, 1.165) is 31.2 Å². The molecule has 0 radical (unpaired) electrons. The molecular weight excluding hydrogens is 298 g/mol. The fourth-order valence-electron chi connectivity index (χ4n) is 3.16. The number of hydrogen-bond acceptors (Lipinski definition) is 4. The summed E-state index contributed by atoms with van der Waals surface area (Å²) in [5, 5.41) is 26.0. The molecule has 126 valence electrons. The fraction of sp³-hybridized carbons (Fsp3) is 0.562. The molecule has 0 saturated heterocycles. The maximum absolute atomic E-state index is 12.3. The first-order valence-corrected chi connectivity index (χ1v) is 7.87. The Labute approximate surface area is 135 Å². The van der Waals surface area contributed by atoms with Gasteiger partial charge in [-0.05, 0) is 32.3 Å². The smallest absolute Gasteiger partial charge is 0.319 e. The molecule has 2 atom stereocenters. The zero-order valence-electron chi connectivity index (χ0n) is 13.5. The lowest BCUT2D eigenvalue weighted by atomic mass is 9.85. The molecular formula is C16H23N3O4. The van der Waals surface area contributed by atoms with Gasteiger partial charge >= 0.3 is 6.03 Å². The van der Waals surface area contributed by atoms with Gasteiger partial charge in [0.1, 0.15) is 0 Å². The van der Waals surface area contributed by atoms with Crippen LogP contribution in [0.4, 0.5) is 16.2 Å². The summed E-state index contributed by atoms with van der Waals surface area (Å²) < 4.78 is 0. The van der Waals surface area contributed by atoms with Crippen LogP contribution in [0.3, 0.4) is 0 Å². The number of benzene rings is 1. The zero-order chi connectivity index (χ0) is 17.0. The van der Waals surface area contributed by atoms with Crippen LogP contribution in [-0.2, 0) is 0 Å². The number of carbonyl (C=O) groups excluding carboxylic acids is 1. The highest BCUT2D eigenvalue weighted by Crippen LogP contribution is 2.29. The monoisotopic (exact) mass is 321 g/mol. The van der Waals surface area contributed by atoms with Crippen molar-refractivity contribution in [1.82, 2.24) is 5.32 Å². The van der Waals surface area contributed by atoms with Crippen molar-refractivity contribution < 1.29 is 14.8 Å². The van der Waals surface area contributed by atoms with Crippen molar-refractivity contribution in [1.29, 1.82) is 0 Å². The second kappa shape index (κ2) is 7.41. The van der Waals surface area contributed by atoms with Crippen LogP contribution in [0.5, 0.6) is 0 Å².